The smallest absolute Gasteiger partial charge is 0.339 e. The van der Waals surface area contributed by atoms with Crippen LogP contribution >= 0.6 is 0 Å². The molecule has 0 spiro atoms. The van der Waals surface area contributed by atoms with Crippen LogP contribution in [0.3, 0.4) is 0 Å². The quantitative estimate of drug-likeness (QED) is 0.0706. The molecule has 0 saturated carbocycles. The Morgan fingerprint density at radius 3 is 1.46 bits per heavy atom. The largest absolute Gasteiger partial charge is 0.481 e. The number of ether oxygens (including phenoxy) is 7. The van der Waals surface area contributed by atoms with E-state index in [1.807, 2.05) is 0 Å². The Labute approximate surface area is 296 Å². The van der Waals surface area contributed by atoms with Gasteiger partial charge in [0.15, 0.2) is 12.2 Å². The van der Waals surface area contributed by atoms with Crippen LogP contribution in [0.15, 0.2) is 55.2 Å². The summed E-state index contributed by atoms with van der Waals surface area (Å²) in [4.78, 5) is 108. The lowest BCUT2D eigenvalue weighted by molar-refractivity contribution is -0.160. The van der Waals surface area contributed by atoms with Gasteiger partial charge in [-0.1, -0.05) is 25.8 Å². The summed E-state index contributed by atoms with van der Waals surface area (Å²) in [6, 6.07) is 3.00. The maximum absolute atomic E-state index is 13.1. The second-order valence-corrected chi connectivity index (χ2v) is 10.6. The fourth-order valence-corrected chi connectivity index (χ4v) is 3.45. The molecule has 0 radical (unpaired) electrons. The van der Waals surface area contributed by atoms with Crippen LogP contribution in [-0.4, -0.2) is 109 Å². The molecule has 18 nitrogen and oxygen atoms in total. The average Bonchev–Trinajstić information content (AvgIpc) is 3.09. The van der Waals surface area contributed by atoms with Crippen LogP contribution in [0.4, 0.5) is 0 Å². The zero-order valence-corrected chi connectivity index (χ0v) is 28.4. The molecule has 0 bridgehead atoms. The molecule has 0 amide bonds. The number of carbonyl (C=O) groups excluding carboxylic acids is 7. The number of aliphatic carboxylic acids is 2. The molecule has 282 valence electrons. The zero-order valence-electron chi connectivity index (χ0n) is 28.4. The first-order valence-corrected chi connectivity index (χ1v) is 15.2. The maximum Gasteiger partial charge on any atom is 0.339 e. The lowest BCUT2D eigenvalue weighted by Crippen LogP contribution is -2.31. The first kappa shape index (κ1) is 43.7. The van der Waals surface area contributed by atoms with Crippen LogP contribution in [0.25, 0.3) is 0 Å². The first-order valence-electron chi connectivity index (χ1n) is 15.2. The summed E-state index contributed by atoms with van der Waals surface area (Å²) in [6.07, 6.45) is -3.75. The molecule has 0 heterocycles. The van der Waals surface area contributed by atoms with Crippen molar-refractivity contribution in [1.82, 2.24) is 0 Å². The molecular weight excluding hydrogens is 696 g/mol. The van der Waals surface area contributed by atoms with Gasteiger partial charge in [0.2, 0.25) is 0 Å². The maximum atomic E-state index is 13.1. The van der Waals surface area contributed by atoms with E-state index in [2.05, 4.69) is 19.7 Å². The molecule has 0 aliphatic rings. The summed E-state index contributed by atoms with van der Waals surface area (Å²) in [5.74, 6) is -9.65. The number of hydrogen-bond donors (Lipinski definition) is 2. The zero-order chi connectivity index (χ0) is 39.4. The summed E-state index contributed by atoms with van der Waals surface area (Å²) < 4.78 is 35.5. The van der Waals surface area contributed by atoms with Crippen molar-refractivity contribution in [3.8, 4) is 0 Å². The Morgan fingerprint density at radius 2 is 1.04 bits per heavy atom. The van der Waals surface area contributed by atoms with E-state index in [0.29, 0.717) is 0 Å². The van der Waals surface area contributed by atoms with Crippen molar-refractivity contribution in [2.24, 2.45) is 0 Å². The highest BCUT2D eigenvalue weighted by atomic mass is 16.6. The number of carbonyl (C=O) groups is 9. The molecule has 52 heavy (non-hydrogen) atoms. The first-order chi connectivity index (χ1) is 24.4. The Bertz CT molecular complexity index is 1570. The Kier molecular flexibility index (Phi) is 18.8. The van der Waals surface area contributed by atoms with Gasteiger partial charge in [0.1, 0.15) is 33.0 Å². The minimum atomic E-state index is -1.40. The number of carboxylic acids is 2. The van der Waals surface area contributed by atoms with Crippen LogP contribution in [0.5, 0.6) is 0 Å². The number of hydrogen-bond acceptors (Lipinski definition) is 16. The molecule has 0 aliphatic heterocycles. The summed E-state index contributed by atoms with van der Waals surface area (Å²) in [7, 11) is 0. The summed E-state index contributed by atoms with van der Waals surface area (Å²) in [5.41, 5.74) is -1.21. The standard InChI is InChI=1S/C34H38O18/c1-6-13-46-34(45)25-14-21(32(43)49-17-22(15-47-30(41)19(2)3)51-28(39)11-9-26(35)36)7-8-24(25)33(44)50-18-23(16-48-31(42)20(4)5)52-29(40)12-10-27(37)38/h6-8,14,22-23H,1-2,4,9-13,15-18H2,3,5H3,(H,35,36)(H,37,38). The summed E-state index contributed by atoms with van der Waals surface area (Å²) in [6.45, 7) is 10.0. The van der Waals surface area contributed by atoms with Gasteiger partial charge >= 0.3 is 53.7 Å². The van der Waals surface area contributed by atoms with Gasteiger partial charge in [-0.05, 0) is 32.0 Å². The van der Waals surface area contributed by atoms with Crippen molar-refractivity contribution in [2.75, 3.05) is 33.0 Å². The van der Waals surface area contributed by atoms with Crippen molar-refractivity contribution >= 4 is 53.7 Å². The molecular formula is C34H38O18. The van der Waals surface area contributed by atoms with Crippen LogP contribution in [0.1, 0.15) is 70.6 Å². The molecule has 2 unspecified atom stereocenters. The highest BCUT2D eigenvalue weighted by molar-refractivity contribution is 6.05. The number of carboxylic acid groups (broad SMARTS) is 2. The van der Waals surface area contributed by atoms with Crippen LogP contribution in [-0.2, 0) is 61.9 Å². The van der Waals surface area contributed by atoms with Crippen molar-refractivity contribution in [3.63, 3.8) is 0 Å². The monoisotopic (exact) mass is 734 g/mol. The lowest BCUT2D eigenvalue weighted by Gasteiger charge is -2.19. The third kappa shape index (κ3) is 16.9. The fraction of sp³-hybridized carbons (Fsp3) is 0.382. The van der Waals surface area contributed by atoms with E-state index in [0.717, 1.165) is 18.2 Å². The molecule has 0 fully saturated rings. The molecule has 18 heteroatoms. The van der Waals surface area contributed by atoms with Crippen LogP contribution in [0.2, 0.25) is 0 Å². The number of benzene rings is 1. The molecule has 1 aromatic carbocycles. The Hall–Kier alpha value is -6.33. The van der Waals surface area contributed by atoms with Gasteiger partial charge < -0.3 is 43.4 Å². The Morgan fingerprint density at radius 1 is 0.615 bits per heavy atom. The van der Waals surface area contributed by atoms with E-state index in [1.165, 1.54) is 19.9 Å². The normalized spacial score (nSPS) is 11.3. The van der Waals surface area contributed by atoms with E-state index >= 15 is 0 Å². The lowest BCUT2D eigenvalue weighted by atomic mass is 10.0. The van der Waals surface area contributed by atoms with Crippen molar-refractivity contribution < 1.29 is 86.5 Å². The molecule has 2 N–H and O–H groups in total. The van der Waals surface area contributed by atoms with E-state index in [1.54, 1.807) is 0 Å². The van der Waals surface area contributed by atoms with Gasteiger partial charge in [0, 0.05) is 11.1 Å². The highest BCUT2D eigenvalue weighted by Crippen LogP contribution is 2.18. The molecule has 1 rings (SSSR count). The fourth-order valence-electron chi connectivity index (χ4n) is 3.45. The molecule has 1 aromatic rings. The predicted molar refractivity (Wildman–Crippen MR) is 173 cm³/mol. The SMILES string of the molecule is C=CCOC(=O)c1cc(C(=O)OCC(COC(=O)C(=C)C)OC(=O)CCC(=O)O)ccc1C(=O)OCC(COC(=O)C(=C)C)OC(=O)CCC(=O)O. The van der Waals surface area contributed by atoms with Crippen molar-refractivity contribution in [2.45, 2.75) is 51.7 Å². The van der Waals surface area contributed by atoms with E-state index in [-0.39, 0.29) is 23.3 Å². The van der Waals surface area contributed by atoms with Gasteiger partial charge in [-0.25, -0.2) is 24.0 Å². The van der Waals surface area contributed by atoms with Crippen LogP contribution < -0.4 is 0 Å². The highest BCUT2D eigenvalue weighted by Gasteiger charge is 2.26. The second kappa shape index (κ2) is 22.4. The van der Waals surface area contributed by atoms with E-state index < -0.39 is 129 Å². The summed E-state index contributed by atoms with van der Waals surface area (Å²) >= 11 is 0. The topological polar surface area (TPSA) is 259 Å². The van der Waals surface area contributed by atoms with E-state index in [4.69, 9.17) is 43.4 Å². The number of esters is 7. The van der Waals surface area contributed by atoms with Crippen molar-refractivity contribution in [1.29, 1.82) is 0 Å². The summed E-state index contributed by atoms with van der Waals surface area (Å²) in [5, 5.41) is 17.6. The average molecular weight is 735 g/mol. The van der Waals surface area contributed by atoms with Gasteiger partial charge in [-0.15, -0.1) is 0 Å². The third-order valence-corrected chi connectivity index (χ3v) is 6.01. The van der Waals surface area contributed by atoms with E-state index in [9.17, 15) is 43.2 Å². The minimum absolute atomic E-state index is 0.00716. The Balaban J connectivity index is 3.22. The second-order valence-electron chi connectivity index (χ2n) is 10.6. The van der Waals surface area contributed by atoms with Gasteiger partial charge in [0.25, 0.3) is 0 Å². The molecule has 0 saturated heterocycles. The third-order valence-electron chi connectivity index (χ3n) is 6.01. The number of rotatable bonds is 23. The molecule has 0 aliphatic carbocycles. The van der Waals surface area contributed by atoms with Crippen molar-refractivity contribution in [3.05, 3.63) is 71.8 Å². The van der Waals surface area contributed by atoms with Gasteiger partial charge in [0.05, 0.1) is 42.4 Å². The van der Waals surface area contributed by atoms with Crippen LogP contribution in [0, 0.1) is 0 Å². The molecule has 0 aromatic heterocycles. The molecule has 2 atom stereocenters. The van der Waals surface area contributed by atoms with Gasteiger partial charge in [-0.3, -0.25) is 19.2 Å². The predicted octanol–water partition coefficient (Wildman–Crippen LogP) is 2.13. The van der Waals surface area contributed by atoms with Gasteiger partial charge in [-0.2, -0.15) is 0 Å². The minimum Gasteiger partial charge on any atom is -0.481 e.